The highest BCUT2D eigenvalue weighted by Crippen LogP contribution is 2.44. The molecular weight excluding hydrogens is 500 g/mol. The van der Waals surface area contributed by atoms with Gasteiger partial charge in [-0.15, -0.1) is 0 Å². The van der Waals surface area contributed by atoms with Crippen molar-refractivity contribution >= 4 is 44.1 Å². The van der Waals surface area contributed by atoms with Crippen LogP contribution >= 0.6 is 11.3 Å². The van der Waals surface area contributed by atoms with E-state index in [0.29, 0.717) is 41.0 Å². The lowest BCUT2D eigenvalue weighted by Gasteiger charge is -2.23. The standard InChI is InChI=1S/C30H28N2O5S/c1-4-18-7-16-23-24(17-18)38-30(31-23)32-26(19-8-12-21(13-9-19)36-5-2)25(28(34)29(32)35)27(33)20-10-14-22(15-11-20)37-6-3/h7-17,26,33H,4-6H2,1-3H3/b27-25+. The molecule has 1 fully saturated rings. The van der Waals surface area contributed by atoms with E-state index in [9.17, 15) is 14.7 Å². The number of amides is 1. The van der Waals surface area contributed by atoms with Gasteiger partial charge in [0.25, 0.3) is 5.78 Å². The Bertz CT molecular complexity index is 1520. The third-order valence-corrected chi connectivity index (χ3v) is 7.46. The molecule has 7 nitrogen and oxygen atoms in total. The first kappa shape index (κ1) is 25.5. The number of benzene rings is 3. The molecule has 1 N–H and O–H groups in total. The summed E-state index contributed by atoms with van der Waals surface area (Å²) in [4.78, 5) is 33.1. The highest BCUT2D eigenvalue weighted by Gasteiger charge is 2.48. The van der Waals surface area contributed by atoms with Crippen molar-refractivity contribution in [3.8, 4) is 11.5 Å². The third kappa shape index (κ3) is 4.63. The summed E-state index contributed by atoms with van der Waals surface area (Å²) in [6, 6.07) is 19.1. The predicted octanol–water partition coefficient (Wildman–Crippen LogP) is 6.28. The van der Waals surface area contributed by atoms with E-state index in [4.69, 9.17) is 14.5 Å². The molecule has 1 amide bonds. The zero-order chi connectivity index (χ0) is 26.8. The van der Waals surface area contributed by atoms with Crippen molar-refractivity contribution in [1.29, 1.82) is 0 Å². The van der Waals surface area contributed by atoms with E-state index in [-0.39, 0.29) is 11.3 Å². The second-order valence-corrected chi connectivity index (χ2v) is 9.79. The molecule has 1 saturated heterocycles. The molecule has 0 radical (unpaired) electrons. The van der Waals surface area contributed by atoms with Gasteiger partial charge in [-0.25, -0.2) is 4.98 Å². The first-order valence-corrected chi connectivity index (χ1v) is 13.4. The molecule has 1 aliphatic heterocycles. The van der Waals surface area contributed by atoms with Crippen molar-refractivity contribution in [1.82, 2.24) is 4.98 Å². The van der Waals surface area contributed by atoms with E-state index in [1.54, 1.807) is 36.4 Å². The quantitative estimate of drug-likeness (QED) is 0.164. The molecule has 4 aromatic rings. The van der Waals surface area contributed by atoms with Crippen LogP contribution in [0.2, 0.25) is 0 Å². The number of carbonyl (C=O) groups is 2. The van der Waals surface area contributed by atoms with Gasteiger partial charge in [0.15, 0.2) is 5.13 Å². The number of carbonyl (C=O) groups excluding carboxylic acids is 2. The SMILES string of the molecule is CCOc1ccc(/C(O)=C2\C(=O)C(=O)N(c3nc4ccc(CC)cc4s3)C2c2ccc(OCC)cc2)cc1. The van der Waals surface area contributed by atoms with E-state index in [1.807, 2.05) is 38.1 Å². The first-order chi connectivity index (χ1) is 18.4. The molecule has 1 aliphatic rings. The van der Waals surface area contributed by atoms with Gasteiger partial charge in [-0.05, 0) is 79.9 Å². The summed E-state index contributed by atoms with van der Waals surface area (Å²) in [7, 11) is 0. The summed E-state index contributed by atoms with van der Waals surface area (Å²) in [5.74, 6) is -0.419. The Hall–Kier alpha value is -4.17. The van der Waals surface area contributed by atoms with Gasteiger partial charge in [0.2, 0.25) is 0 Å². The van der Waals surface area contributed by atoms with E-state index >= 15 is 0 Å². The molecule has 1 atom stereocenters. The zero-order valence-corrected chi connectivity index (χ0v) is 22.2. The molecule has 2 heterocycles. The fourth-order valence-electron chi connectivity index (χ4n) is 4.57. The monoisotopic (exact) mass is 528 g/mol. The lowest BCUT2D eigenvalue weighted by atomic mass is 9.95. The Morgan fingerprint density at radius 1 is 0.921 bits per heavy atom. The highest BCUT2D eigenvalue weighted by atomic mass is 32.1. The minimum absolute atomic E-state index is 0.0109. The molecule has 5 rings (SSSR count). The van der Waals surface area contributed by atoms with Gasteiger partial charge in [0.05, 0.1) is 35.0 Å². The molecule has 8 heteroatoms. The highest BCUT2D eigenvalue weighted by molar-refractivity contribution is 7.22. The second kappa shape index (κ2) is 10.7. The zero-order valence-electron chi connectivity index (χ0n) is 21.4. The largest absolute Gasteiger partial charge is 0.507 e. The Labute approximate surface area is 225 Å². The van der Waals surface area contributed by atoms with E-state index < -0.39 is 17.7 Å². The lowest BCUT2D eigenvalue weighted by molar-refractivity contribution is -0.132. The van der Waals surface area contributed by atoms with Crippen molar-refractivity contribution < 1.29 is 24.2 Å². The number of rotatable bonds is 8. The summed E-state index contributed by atoms with van der Waals surface area (Å²) in [6.07, 6.45) is 0.877. The topological polar surface area (TPSA) is 89.0 Å². The van der Waals surface area contributed by atoms with Crippen LogP contribution in [0.25, 0.3) is 16.0 Å². The van der Waals surface area contributed by atoms with E-state index in [0.717, 1.165) is 22.2 Å². The molecule has 194 valence electrons. The summed E-state index contributed by atoms with van der Waals surface area (Å²) < 4.78 is 12.0. The van der Waals surface area contributed by atoms with Crippen molar-refractivity contribution in [2.24, 2.45) is 0 Å². The van der Waals surface area contributed by atoms with Crippen LogP contribution in [0, 0.1) is 0 Å². The average molecular weight is 529 g/mol. The predicted molar refractivity (Wildman–Crippen MR) is 149 cm³/mol. The van der Waals surface area contributed by atoms with Crippen LogP contribution in [0.3, 0.4) is 0 Å². The Balaban J connectivity index is 1.66. The molecule has 0 spiro atoms. The van der Waals surface area contributed by atoms with Crippen LogP contribution in [0.1, 0.15) is 43.5 Å². The molecule has 0 saturated carbocycles. The fraction of sp³-hybridized carbons (Fsp3) is 0.233. The number of hydrogen-bond acceptors (Lipinski definition) is 7. The first-order valence-electron chi connectivity index (χ1n) is 12.6. The smallest absolute Gasteiger partial charge is 0.301 e. The van der Waals surface area contributed by atoms with Crippen LogP contribution in [0.15, 0.2) is 72.3 Å². The summed E-state index contributed by atoms with van der Waals surface area (Å²) in [5.41, 5.74) is 3.00. The molecule has 0 aliphatic carbocycles. The number of Topliss-reactive ketones (excluding diaryl/α,β-unsaturated/α-hetero) is 1. The minimum Gasteiger partial charge on any atom is -0.507 e. The summed E-state index contributed by atoms with van der Waals surface area (Å²) >= 11 is 1.35. The molecule has 1 unspecified atom stereocenters. The number of ether oxygens (including phenoxy) is 2. The van der Waals surface area contributed by atoms with Gasteiger partial charge < -0.3 is 14.6 Å². The van der Waals surface area contributed by atoms with Gasteiger partial charge in [-0.2, -0.15) is 0 Å². The van der Waals surface area contributed by atoms with Crippen molar-refractivity contribution in [2.75, 3.05) is 18.1 Å². The Morgan fingerprint density at radius 2 is 1.55 bits per heavy atom. The molecule has 0 bridgehead atoms. The van der Waals surface area contributed by atoms with Gasteiger partial charge in [0.1, 0.15) is 17.3 Å². The Morgan fingerprint density at radius 3 is 2.16 bits per heavy atom. The number of aliphatic hydroxyl groups excluding tert-OH is 1. The second-order valence-electron chi connectivity index (χ2n) is 8.78. The number of fused-ring (bicyclic) bond motifs is 1. The maximum atomic E-state index is 13.5. The third-order valence-electron chi connectivity index (χ3n) is 6.45. The van der Waals surface area contributed by atoms with Gasteiger partial charge in [-0.3, -0.25) is 14.5 Å². The van der Waals surface area contributed by atoms with Crippen LogP contribution in [0.4, 0.5) is 5.13 Å². The number of aromatic nitrogens is 1. The summed E-state index contributed by atoms with van der Waals surface area (Å²) in [5, 5.41) is 11.8. The van der Waals surface area contributed by atoms with Gasteiger partial charge >= 0.3 is 5.91 Å². The lowest BCUT2D eigenvalue weighted by Crippen LogP contribution is -2.29. The normalized spacial score (nSPS) is 16.8. The van der Waals surface area contributed by atoms with Gasteiger partial charge in [-0.1, -0.05) is 36.5 Å². The molecule has 1 aromatic heterocycles. The number of ketones is 1. The number of anilines is 1. The number of thiazole rings is 1. The number of hydrogen-bond donors (Lipinski definition) is 1. The van der Waals surface area contributed by atoms with Crippen LogP contribution < -0.4 is 14.4 Å². The molecular formula is C30H28N2O5S. The maximum Gasteiger partial charge on any atom is 0.301 e. The van der Waals surface area contributed by atoms with Crippen molar-refractivity contribution in [3.63, 3.8) is 0 Å². The van der Waals surface area contributed by atoms with E-state index in [2.05, 4.69) is 13.0 Å². The summed E-state index contributed by atoms with van der Waals surface area (Å²) in [6.45, 7) is 6.89. The van der Waals surface area contributed by atoms with Gasteiger partial charge in [0, 0.05) is 5.56 Å². The average Bonchev–Trinajstić information content (AvgIpc) is 3.47. The van der Waals surface area contributed by atoms with Crippen LogP contribution in [-0.4, -0.2) is 35.0 Å². The van der Waals surface area contributed by atoms with Crippen LogP contribution in [0.5, 0.6) is 11.5 Å². The van der Waals surface area contributed by atoms with Crippen molar-refractivity contribution in [2.45, 2.75) is 33.2 Å². The number of aliphatic hydroxyl groups is 1. The van der Waals surface area contributed by atoms with Crippen LogP contribution in [-0.2, 0) is 16.0 Å². The van der Waals surface area contributed by atoms with E-state index in [1.165, 1.54) is 16.2 Å². The Kier molecular flexibility index (Phi) is 7.15. The number of nitrogens with zero attached hydrogens (tertiary/aromatic N) is 2. The fourth-order valence-corrected chi connectivity index (χ4v) is 5.63. The molecule has 3 aromatic carbocycles. The maximum absolute atomic E-state index is 13.5. The minimum atomic E-state index is -0.858. The number of aryl methyl sites for hydroxylation is 1. The van der Waals surface area contributed by atoms with Crippen molar-refractivity contribution in [3.05, 3.63) is 89.0 Å². The molecule has 38 heavy (non-hydrogen) atoms.